The summed E-state index contributed by atoms with van der Waals surface area (Å²) in [6.45, 7) is 1.33. The zero-order chi connectivity index (χ0) is 21.5. The van der Waals surface area contributed by atoms with Crippen LogP contribution < -0.4 is 15.0 Å². The van der Waals surface area contributed by atoms with Crippen LogP contribution in [0.2, 0.25) is 0 Å². The van der Waals surface area contributed by atoms with Crippen molar-refractivity contribution in [2.24, 2.45) is 7.05 Å². The van der Waals surface area contributed by atoms with E-state index in [-0.39, 0.29) is 5.56 Å². The fourth-order valence-corrected chi connectivity index (χ4v) is 4.15. The summed E-state index contributed by atoms with van der Waals surface area (Å²) >= 11 is 0. The molecule has 1 aliphatic carbocycles. The zero-order valence-corrected chi connectivity index (χ0v) is 17.9. The van der Waals surface area contributed by atoms with Crippen molar-refractivity contribution in [3.8, 4) is 11.5 Å². The Balaban J connectivity index is 1.56. The summed E-state index contributed by atoms with van der Waals surface area (Å²) < 4.78 is 14.6. The molecule has 4 aromatic rings. The lowest BCUT2D eigenvalue weighted by atomic mass is 10.1. The molecule has 31 heavy (non-hydrogen) atoms. The molecule has 8 nitrogen and oxygen atoms in total. The molecule has 0 N–H and O–H groups in total. The molecule has 8 heteroatoms. The van der Waals surface area contributed by atoms with Crippen LogP contribution in [-0.2, 0) is 20.1 Å². The molecule has 0 atom stereocenters. The molecule has 0 aliphatic heterocycles. The minimum Gasteiger partial charge on any atom is -0.497 e. The molecule has 0 unspecified atom stereocenters. The number of hydrogen-bond donors (Lipinski definition) is 0. The van der Waals surface area contributed by atoms with Crippen molar-refractivity contribution in [1.82, 2.24) is 24.1 Å². The van der Waals surface area contributed by atoms with Gasteiger partial charge in [0.05, 0.1) is 31.7 Å². The van der Waals surface area contributed by atoms with Crippen LogP contribution in [0.3, 0.4) is 0 Å². The molecule has 2 aromatic carbocycles. The maximum Gasteiger partial charge on any atom is 0.262 e. The van der Waals surface area contributed by atoms with E-state index < -0.39 is 0 Å². The Morgan fingerprint density at radius 1 is 1.06 bits per heavy atom. The van der Waals surface area contributed by atoms with Crippen LogP contribution in [0.4, 0.5) is 0 Å². The predicted molar refractivity (Wildman–Crippen MR) is 118 cm³/mol. The van der Waals surface area contributed by atoms with Gasteiger partial charge in [-0.3, -0.25) is 18.7 Å². The molecule has 5 rings (SSSR count). The van der Waals surface area contributed by atoms with E-state index in [0.29, 0.717) is 30.3 Å². The summed E-state index contributed by atoms with van der Waals surface area (Å²) in [6, 6.07) is 14.0. The molecule has 0 bridgehead atoms. The van der Waals surface area contributed by atoms with Crippen molar-refractivity contribution in [2.45, 2.75) is 32.0 Å². The average Bonchev–Trinajstić information content (AvgIpc) is 3.57. The second-order valence-corrected chi connectivity index (χ2v) is 7.95. The molecule has 160 valence electrons. The first kappa shape index (κ1) is 19.6. The summed E-state index contributed by atoms with van der Waals surface area (Å²) in [6.07, 6.45) is 2.31. The van der Waals surface area contributed by atoms with Crippen molar-refractivity contribution in [3.05, 3.63) is 64.2 Å². The third kappa shape index (κ3) is 3.42. The molecule has 2 heterocycles. The van der Waals surface area contributed by atoms with Gasteiger partial charge in [-0.1, -0.05) is 12.1 Å². The van der Waals surface area contributed by atoms with Crippen LogP contribution in [0.5, 0.6) is 11.5 Å². The zero-order valence-electron chi connectivity index (χ0n) is 17.9. The van der Waals surface area contributed by atoms with Crippen LogP contribution in [0.15, 0.2) is 47.3 Å². The van der Waals surface area contributed by atoms with Crippen LogP contribution >= 0.6 is 0 Å². The first-order valence-corrected chi connectivity index (χ1v) is 10.4. The summed E-state index contributed by atoms with van der Waals surface area (Å²) in [5, 5.41) is 9.46. The fourth-order valence-electron chi connectivity index (χ4n) is 4.15. The Morgan fingerprint density at radius 2 is 1.87 bits per heavy atom. The van der Waals surface area contributed by atoms with Gasteiger partial charge in [-0.05, 0) is 43.2 Å². The second-order valence-electron chi connectivity index (χ2n) is 7.95. The van der Waals surface area contributed by atoms with E-state index in [0.717, 1.165) is 41.2 Å². The summed E-state index contributed by atoms with van der Waals surface area (Å²) in [4.78, 5) is 15.1. The lowest BCUT2D eigenvalue weighted by molar-refractivity contribution is 0.234. The van der Waals surface area contributed by atoms with Crippen molar-refractivity contribution >= 4 is 16.7 Å². The van der Waals surface area contributed by atoms with Gasteiger partial charge in [-0.2, -0.15) is 0 Å². The van der Waals surface area contributed by atoms with Crippen LogP contribution in [-0.4, -0.2) is 44.3 Å². The van der Waals surface area contributed by atoms with E-state index in [1.807, 2.05) is 46.9 Å². The lowest BCUT2D eigenvalue weighted by Crippen LogP contribution is -2.27. The van der Waals surface area contributed by atoms with Gasteiger partial charge in [-0.15, -0.1) is 10.2 Å². The van der Waals surface area contributed by atoms with Crippen molar-refractivity contribution in [3.63, 3.8) is 0 Å². The second kappa shape index (κ2) is 7.70. The van der Waals surface area contributed by atoms with Gasteiger partial charge in [0.1, 0.15) is 11.5 Å². The highest BCUT2D eigenvalue weighted by atomic mass is 16.5. The van der Waals surface area contributed by atoms with Crippen LogP contribution in [0.25, 0.3) is 16.7 Å². The largest absolute Gasteiger partial charge is 0.497 e. The summed E-state index contributed by atoms with van der Waals surface area (Å²) in [5.41, 5.74) is 1.83. The molecule has 1 aliphatic rings. The third-order valence-corrected chi connectivity index (χ3v) is 5.96. The Hall–Kier alpha value is -3.39. The highest BCUT2D eigenvalue weighted by Crippen LogP contribution is 2.33. The molecule has 0 radical (unpaired) electrons. The SMILES string of the molecule is COc1ccc(OC)c(CN(Cc2nnc3n(C)c(=O)c4ccccc4n23)C2CC2)c1. The van der Waals surface area contributed by atoms with E-state index in [1.165, 1.54) is 0 Å². The van der Waals surface area contributed by atoms with E-state index in [9.17, 15) is 4.79 Å². The highest BCUT2D eigenvalue weighted by Gasteiger charge is 2.31. The van der Waals surface area contributed by atoms with Gasteiger partial charge in [0.25, 0.3) is 5.56 Å². The number of hydrogen-bond acceptors (Lipinski definition) is 6. The maximum absolute atomic E-state index is 12.7. The number of methoxy groups -OCH3 is 2. The Kier molecular flexibility index (Phi) is 4.86. The van der Waals surface area contributed by atoms with E-state index in [4.69, 9.17) is 9.47 Å². The number of nitrogens with zero attached hydrogens (tertiary/aromatic N) is 5. The molecular weight excluding hydrogens is 394 g/mol. The smallest absolute Gasteiger partial charge is 0.262 e. The average molecular weight is 419 g/mol. The first-order chi connectivity index (χ1) is 15.1. The van der Waals surface area contributed by atoms with E-state index in [2.05, 4.69) is 15.1 Å². The van der Waals surface area contributed by atoms with E-state index >= 15 is 0 Å². The Labute approximate surface area is 179 Å². The molecule has 0 amide bonds. The molecule has 2 aromatic heterocycles. The Morgan fingerprint density at radius 3 is 2.61 bits per heavy atom. The molecule has 1 fully saturated rings. The number of aryl methyl sites for hydroxylation is 1. The molecule has 0 spiro atoms. The third-order valence-electron chi connectivity index (χ3n) is 5.96. The van der Waals surface area contributed by atoms with Crippen molar-refractivity contribution in [2.75, 3.05) is 14.2 Å². The summed E-state index contributed by atoms with van der Waals surface area (Å²) in [7, 11) is 5.09. The molecule has 1 saturated carbocycles. The highest BCUT2D eigenvalue weighted by molar-refractivity contribution is 5.80. The monoisotopic (exact) mass is 419 g/mol. The van der Waals surface area contributed by atoms with Gasteiger partial charge >= 0.3 is 0 Å². The summed E-state index contributed by atoms with van der Waals surface area (Å²) in [5.74, 6) is 3.01. The van der Waals surface area contributed by atoms with Gasteiger partial charge in [0, 0.05) is 25.2 Å². The Bertz CT molecular complexity index is 1320. The fraction of sp³-hybridized carbons (Fsp3) is 0.348. The maximum atomic E-state index is 12.7. The minimum absolute atomic E-state index is 0.0674. The number of ether oxygens (including phenoxy) is 2. The van der Waals surface area contributed by atoms with Gasteiger partial charge in [0.15, 0.2) is 5.82 Å². The van der Waals surface area contributed by atoms with Crippen molar-refractivity contribution < 1.29 is 9.47 Å². The van der Waals surface area contributed by atoms with Crippen LogP contribution in [0.1, 0.15) is 24.2 Å². The van der Waals surface area contributed by atoms with Crippen molar-refractivity contribution in [1.29, 1.82) is 0 Å². The number of rotatable bonds is 7. The number of benzene rings is 2. The first-order valence-electron chi connectivity index (χ1n) is 10.4. The van der Waals surface area contributed by atoms with E-state index in [1.54, 1.807) is 25.8 Å². The number of fused-ring (bicyclic) bond motifs is 3. The predicted octanol–water partition coefficient (Wildman–Crippen LogP) is 2.76. The minimum atomic E-state index is -0.0674. The normalized spacial score (nSPS) is 13.9. The molecule has 0 saturated heterocycles. The standard InChI is InChI=1S/C23H25N5O3/c1-26-22(29)18-6-4-5-7-19(18)28-21(24-25-23(26)28)14-27(16-8-9-16)13-15-12-17(30-2)10-11-20(15)31-3/h4-7,10-12,16H,8-9,13-14H2,1-3H3. The topological polar surface area (TPSA) is 73.9 Å². The van der Waals surface area contributed by atoms with Crippen LogP contribution in [0, 0.1) is 0 Å². The number of para-hydroxylation sites is 1. The van der Waals surface area contributed by atoms with Gasteiger partial charge in [0.2, 0.25) is 5.78 Å². The lowest BCUT2D eigenvalue weighted by Gasteiger charge is -2.23. The quantitative estimate of drug-likeness (QED) is 0.459. The van der Waals surface area contributed by atoms with Gasteiger partial charge < -0.3 is 9.47 Å². The molecular formula is C23H25N5O3. The van der Waals surface area contributed by atoms with Gasteiger partial charge in [-0.25, -0.2) is 0 Å². The number of aromatic nitrogens is 4.